The maximum Gasteiger partial charge on any atom is 0.251 e. The third kappa shape index (κ3) is 4.35. The number of nitrogens with one attached hydrogen (secondary N) is 1. The number of Topliss-reactive ketones (excluding diaryl/α,β-unsaturated/α-hetero) is 1. The van der Waals surface area contributed by atoms with Gasteiger partial charge in [0, 0.05) is 23.1 Å². The van der Waals surface area contributed by atoms with Gasteiger partial charge in [0.05, 0.1) is 14.2 Å². The lowest BCUT2D eigenvalue weighted by Crippen LogP contribution is -2.41. The lowest BCUT2D eigenvalue weighted by atomic mass is 9.79. The number of carbonyl (C=O) groups excluding carboxylic acids is 2. The SMILES string of the molecule is COc1ccc([C@H]2CCCC[C@H]2NC(=O)c2ccc(C(C)=O)cc2)cc1OC. The van der Waals surface area contributed by atoms with Crippen molar-refractivity contribution in [1.29, 1.82) is 0 Å². The van der Waals surface area contributed by atoms with Gasteiger partial charge in [-0.15, -0.1) is 0 Å². The molecule has 0 radical (unpaired) electrons. The Balaban J connectivity index is 1.78. The van der Waals surface area contributed by atoms with E-state index >= 15 is 0 Å². The van der Waals surface area contributed by atoms with Crippen molar-refractivity contribution >= 4 is 11.7 Å². The van der Waals surface area contributed by atoms with E-state index in [4.69, 9.17) is 9.47 Å². The van der Waals surface area contributed by atoms with Gasteiger partial charge in [0.1, 0.15) is 0 Å². The van der Waals surface area contributed by atoms with Gasteiger partial charge in [-0.3, -0.25) is 9.59 Å². The van der Waals surface area contributed by atoms with Crippen LogP contribution in [0.5, 0.6) is 11.5 Å². The Bertz CT molecular complexity index is 844. The van der Waals surface area contributed by atoms with Gasteiger partial charge in [0.25, 0.3) is 5.91 Å². The Morgan fingerprint density at radius 3 is 2.18 bits per heavy atom. The van der Waals surface area contributed by atoms with E-state index in [1.807, 2.05) is 12.1 Å². The summed E-state index contributed by atoms with van der Waals surface area (Å²) >= 11 is 0. The monoisotopic (exact) mass is 381 g/mol. The van der Waals surface area contributed by atoms with E-state index in [0.29, 0.717) is 22.6 Å². The van der Waals surface area contributed by atoms with Gasteiger partial charge in [-0.1, -0.05) is 31.0 Å². The topological polar surface area (TPSA) is 64.6 Å². The fourth-order valence-electron chi connectivity index (χ4n) is 3.89. The predicted octanol–water partition coefficient (Wildman–Crippen LogP) is 4.36. The zero-order valence-corrected chi connectivity index (χ0v) is 16.7. The number of methoxy groups -OCH3 is 2. The Morgan fingerprint density at radius 2 is 1.54 bits per heavy atom. The molecule has 1 N–H and O–H groups in total. The fraction of sp³-hybridized carbons (Fsp3) is 0.391. The molecule has 0 aliphatic heterocycles. The highest BCUT2D eigenvalue weighted by atomic mass is 16.5. The van der Waals surface area contributed by atoms with Gasteiger partial charge in [-0.25, -0.2) is 0 Å². The quantitative estimate of drug-likeness (QED) is 0.755. The molecule has 148 valence electrons. The number of hydrogen-bond acceptors (Lipinski definition) is 4. The molecule has 1 saturated carbocycles. The van der Waals surface area contributed by atoms with Crippen molar-refractivity contribution in [3.63, 3.8) is 0 Å². The summed E-state index contributed by atoms with van der Waals surface area (Å²) in [5.41, 5.74) is 2.33. The average Bonchev–Trinajstić information content (AvgIpc) is 2.73. The first-order valence-corrected chi connectivity index (χ1v) is 9.67. The third-order valence-corrected chi connectivity index (χ3v) is 5.47. The zero-order chi connectivity index (χ0) is 20.1. The van der Waals surface area contributed by atoms with Crippen LogP contribution in [0.1, 0.15) is 64.8 Å². The summed E-state index contributed by atoms with van der Waals surface area (Å²) in [5.74, 6) is 1.53. The van der Waals surface area contributed by atoms with Crippen LogP contribution >= 0.6 is 0 Å². The van der Waals surface area contributed by atoms with Crippen molar-refractivity contribution in [2.24, 2.45) is 0 Å². The summed E-state index contributed by atoms with van der Waals surface area (Å²) in [7, 11) is 3.25. The van der Waals surface area contributed by atoms with E-state index in [0.717, 1.165) is 31.2 Å². The van der Waals surface area contributed by atoms with Crippen molar-refractivity contribution in [3.8, 4) is 11.5 Å². The molecule has 3 rings (SSSR count). The second kappa shape index (κ2) is 8.91. The molecule has 0 spiro atoms. The van der Waals surface area contributed by atoms with Gasteiger partial charge in [0.2, 0.25) is 0 Å². The molecule has 0 unspecified atom stereocenters. The van der Waals surface area contributed by atoms with Gasteiger partial charge in [-0.05, 0) is 49.6 Å². The minimum atomic E-state index is -0.104. The molecule has 1 aliphatic carbocycles. The van der Waals surface area contributed by atoms with Gasteiger partial charge >= 0.3 is 0 Å². The maximum atomic E-state index is 12.8. The number of amides is 1. The lowest BCUT2D eigenvalue weighted by molar-refractivity contribution is 0.0919. The molecule has 1 fully saturated rings. The van der Waals surface area contributed by atoms with Crippen LogP contribution in [0.3, 0.4) is 0 Å². The first-order chi connectivity index (χ1) is 13.5. The van der Waals surface area contributed by atoms with Crippen molar-refractivity contribution in [2.45, 2.75) is 44.6 Å². The number of ether oxygens (including phenoxy) is 2. The predicted molar refractivity (Wildman–Crippen MR) is 108 cm³/mol. The second-order valence-corrected chi connectivity index (χ2v) is 7.22. The summed E-state index contributed by atoms with van der Waals surface area (Å²) in [6, 6.07) is 12.9. The number of hydrogen-bond donors (Lipinski definition) is 1. The highest BCUT2D eigenvalue weighted by Gasteiger charge is 2.28. The Morgan fingerprint density at radius 1 is 0.893 bits per heavy atom. The normalized spacial score (nSPS) is 19.0. The van der Waals surface area contributed by atoms with Crippen LogP contribution in [-0.4, -0.2) is 32.0 Å². The Kier molecular flexibility index (Phi) is 6.34. The summed E-state index contributed by atoms with van der Waals surface area (Å²) in [4.78, 5) is 24.2. The van der Waals surface area contributed by atoms with E-state index < -0.39 is 0 Å². The van der Waals surface area contributed by atoms with Crippen LogP contribution in [-0.2, 0) is 0 Å². The van der Waals surface area contributed by atoms with Gasteiger partial charge < -0.3 is 14.8 Å². The van der Waals surface area contributed by atoms with E-state index in [-0.39, 0.29) is 23.7 Å². The van der Waals surface area contributed by atoms with Crippen LogP contribution in [0.2, 0.25) is 0 Å². The van der Waals surface area contributed by atoms with Crippen LogP contribution in [0.4, 0.5) is 0 Å². The highest BCUT2D eigenvalue weighted by Crippen LogP contribution is 2.37. The van der Waals surface area contributed by atoms with Crippen LogP contribution in [0.25, 0.3) is 0 Å². The van der Waals surface area contributed by atoms with Crippen LogP contribution in [0.15, 0.2) is 42.5 Å². The zero-order valence-electron chi connectivity index (χ0n) is 16.7. The largest absolute Gasteiger partial charge is 0.493 e. The highest BCUT2D eigenvalue weighted by molar-refractivity contribution is 5.97. The van der Waals surface area contributed by atoms with Crippen molar-refractivity contribution in [3.05, 3.63) is 59.2 Å². The average molecular weight is 381 g/mol. The molecule has 2 aromatic carbocycles. The van der Waals surface area contributed by atoms with Gasteiger partial charge in [0.15, 0.2) is 17.3 Å². The smallest absolute Gasteiger partial charge is 0.251 e. The second-order valence-electron chi connectivity index (χ2n) is 7.22. The third-order valence-electron chi connectivity index (χ3n) is 5.47. The van der Waals surface area contributed by atoms with Crippen LogP contribution < -0.4 is 14.8 Å². The number of ketones is 1. The Labute approximate surface area is 166 Å². The maximum absolute atomic E-state index is 12.8. The molecule has 0 heterocycles. The molecular formula is C23H27NO4. The lowest BCUT2D eigenvalue weighted by Gasteiger charge is -2.33. The summed E-state index contributed by atoms with van der Waals surface area (Å²) in [5, 5.41) is 3.20. The number of rotatable bonds is 6. The molecule has 5 nitrogen and oxygen atoms in total. The first-order valence-electron chi connectivity index (χ1n) is 9.67. The molecule has 2 aromatic rings. The Hall–Kier alpha value is -2.82. The van der Waals surface area contributed by atoms with E-state index in [1.165, 1.54) is 6.92 Å². The summed E-state index contributed by atoms with van der Waals surface area (Å²) in [6.07, 6.45) is 4.19. The summed E-state index contributed by atoms with van der Waals surface area (Å²) in [6.45, 7) is 1.52. The standard InChI is InChI=1S/C23H27NO4/c1-15(25)16-8-10-17(11-9-16)23(26)24-20-7-5-4-6-19(20)18-12-13-21(27-2)22(14-18)28-3/h8-14,19-20H,4-7H2,1-3H3,(H,24,26)/t19-,20-/m1/s1. The molecule has 1 amide bonds. The molecule has 0 bridgehead atoms. The molecule has 28 heavy (non-hydrogen) atoms. The molecule has 0 saturated heterocycles. The first kappa shape index (κ1) is 19.9. The van der Waals surface area contributed by atoms with E-state index in [2.05, 4.69) is 11.4 Å². The van der Waals surface area contributed by atoms with Gasteiger partial charge in [-0.2, -0.15) is 0 Å². The molecular weight excluding hydrogens is 354 g/mol. The van der Waals surface area contributed by atoms with E-state index in [9.17, 15) is 9.59 Å². The summed E-state index contributed by atoms with van der Waals surface area (Å²) < 4.78 is 10.8. The van der Waals surface area contributed by atoms with Crippen molar-refractivity contribution in [1.82, 2.24) is 5.32 Å². The van der Waals surface area contributed by atoms with E-state index in [1.54, 1.807) is 38.5 Å². The minimum absolute atomic E-state index is 0.00671. The van der Waals surface area contributed by atoms with Crippen molar-refractivity contribution < 1.29 is 19.1 Å². The molecule has 5 heteroatoms. The fourth-order valence-corrected chi connectivity index (χ4v) is 3.89. The number of carbonyl (C=O) groups is 2. The molecule has 2 atom stereocenters. The molecule has 1 aliphatic rings. The van der Waals surface area contributed by atoms with Crippen molar-refractivity contribution in [2.75, 3.05) is 14.2 Å². The minimum Gasteiger partial charge on any atom is -0.493 e. The number of benzene rings is 2. The van der Waals surface area contributed by atoms with Crippen LogP contribution in [0, 0.1) is 0 Å². The molecule has 0 aromatic heterocycles.